The van der Waals surface area contributed by atoms with Crippen LogP contribution in [0.4, 0.5) is 5.69 Å². The fourth-order valence-electron chi connectivity index (χ4n) is 4.48. The number of hydrogen-bond acceptors (Lipinski definition) is 8. The van der Waals surface area contributed by atoms with Gasteiger partial charge in [0.05, 0.1) is 18.8 Å². The summed E-state index contributed by atoms with van der Waals surface area (Å²) in [6.45, 7) is 4.54. The van der Waals surface area contributed by atoms with Gasteiger partial charge in [-0.25, -0.2) is 0 Å². The van der Waals surface area contributed by atoms with Gasteiger partial charge in [-0.2, -0.15) is 0 Å². The van der Waals surface area contributed by atoms with E-state index in [0.29, 0.717) is 12.2 Å². The van der Waals surface area contributed by atoms with Gasteiger partial charge in [0.1, 0.15) is 0 Å². The summed E-state index contributed by atoms with van der Waals surface area (Å²) in [5, 5.41) is 15.0. The van der Waals surface area contributed by atoms with Gasteiger partial charge in [-0.15, -0.1) is 11.8 Å². The van der Waals surface area contributed by atoms with Crippen LogP contribution in [0, 0.1) is 0 Å². The summed E-state index contributed by atoms with van der Waals surface area (Å²) in [5.74, 6) is -0.279. The van der Waals surface area contributed by atoms with Gasteiger partial charge in [0.2, 0.25) is 5.91 Å². The molecule has 1 aliphatic rings. The summed E-state index contributed by atoms with van der Waals surface area (Å²) < 4.78 is 17.8. The molecular weight excluding hydrogens is 556 g/mol. The Morgan fingerprint density at radius 3 is 2.19 bits per heavy atom. The zero-order valence-electron chi connectivity index (χ0n) is 23.9. The van der Waals surface area contributed by atoms with Crippen LogP contribution < -0.4 is 10.6 Å². The first-order valence-corrected chi connectivity index (χ1v) is 14.7. The maximum Gasteiger partial charge on any atom is 0.303 e. The predicted molar refractivity (Wildman–Crippen MR) is 159 cm³/mol. The second kappa shape index (κ2) is 15.0. The number of ether oxygens (including phenoxy) is 3. The number of aliphatic hydroxyl groups is 1. The van der Waals surface area contributed by atoms with Crippen molar-refractivity contribution < 1.29 is 33.7 Å². The topological polar surface area (TPSA) is 123 Å². The van der Waals surface area contributed by atoms with E-state index in [2.05, 4.69) is 10.6 Å². The minimum Gasteiger partial charge on any atom is -0.453 e. The lowest BCUT2D eigenvalue weighted by Gasteiger charge is -2.36. The van der Waals surface area contributed by atoms with E-state index in [-0.39, 0.29) is 37.2 Å². The van der Waals surface area contributed by atoms with Crippen molar-refractivity contribution in [2.75, 3.05) is 11.1 Å². The highest BCUT2D eigenvalue weighted by atomic mass is 32.2. The lowest BCUT2D eigenvalue weighted by atomic mass is 10.0. The fraction of sp³-hybridized carbons (Fsp3) is 0.344. The van der Waals surface area contributed by atoms with Gasteiger partial charge >= 0.3 is 5.97 Å². The van der Waals surface area contributed by atoms with Crippen LogP contribution in [0.25, 0.3) is 0 Å². The number of thioether (sulfide) groups is 1. The quantitative estimate of drug-likeness (QED) is 0.209. The average Bonchev–Trinajstić information content (AvgIpc) is 2.99. The molecule has 2 amide bonds. The molecule has 3 aromatic rings. The number of anilines is 1. The lowest BCUT2D eigenvalue weighted by molar-refractivity contribution is -0.245. The minimum atomic E-state index is -0.862. The second-order valence-corrected chi connectivity index (χ2v) is 11.2. The molecular formula is C32H36N2O7S. The number of rotatable bonds is 11. The molecule has 1 aliphatic heterocycles. The van der Waals surface area contributed by atoms with Gasteiger partial charge in [0.25, 0.3) is 5.91 Å². The number of carbonyl (C=O) groups is 3. The van der Waals surface area contributed by atoms with E-state index in [4.69, 9.17) is 14.2 Å². The standard InChI is InChI=1S/C32H36N2O7S/c1-20(39-22(3)37)31(38)33-17-23-4-10-26(11-5-23)32-40-28(16-30(41-32)25-8-6-24(18-35)7-9-25)19-42-29-14-12-27(13-15-29)34-21(2)36/h4-15,20,28,30,32,35H,16-19H2,1-3H3,(H,33,38)(H,34,36)/t20-,28-,30+,32?/m0/s1. The third kappa shape index (κ3) is 9.15. The summed E-state index contributed by atoms with van der Waals surface area (Å²) in [5.41, 5.74) is 4.33. The summed E-state index contributed by atoms with van der Waals surface area (Å²) >= 11 is 1.67. The molecule has 42 heavy (non-hydrogen) atoms. The minimum absolute atomic E-state index is 0.0208. The molecule has 0 aliphatic carbocycles. The van der Waals surface area contributed by atoms with Crippen LogP contribution >= 0.6 is 11.8 Å². The summed E-state index contributed by atoms with van der Waals surface area (Å²) in [6, 6.07) is 23.1. The molecule has 1 unspecified atom stereocenters. The van der Waals surface area contributed by atoms with Crippen molar-refractivity contribution in [3.63, 3.8) is 0 Å². The Balaban J connectivity index is 1.43. The van der Waals surface area contributed by atoms with Crippen LogP contribution in [0.5, 0.6) is 0 Å². The van der Waals surface area contributed by atoms with Gasteiger partial charge in [-0.05, 0) is 47.9 Å². The molecule has 0 spiro atoms. The molecule has 0 aromatic heterocycles. The Morgan fingerprint density at radius 2 is 1.57 bits per heavy atom. The third-order valence-electron chi connectivity index (χ3n) is 6.66. The van der Waals surface area contributed by atoms with Gasteiger partial charge in [-0.3, -0.25) is 14.4 Å². The molecule has 0 bridgehead atoms. The van der Waals surface area contributed by atoms with Crippen molar-refractivity contribution in [1.82, 2.24) is 5.32 Å². The molecule has 0 saturated carbocycles. The number of benzene rings is 3. The van der Waals surface area contributed by atoms with E-state index in [9.17, 15) is 19.5 Å². The van der Waals surface area contributed by atoms with E-state index < -0.39 is 18.4 Å². The number of hydrogen-bond donors (Lipinski definition) is 3. The van der Waals surface area contributed by atoms with Crippen LogP contribution in [0.2, 0.25) is 0 Å². The normalized spacial score (nSPS) is 19.0. The van der Waals surface area contributed by atoms with Gasteiger partial charge in [-0.1, -0.05) is 48.5 Å². The molecule has 4 atom stereocenters. The molecule has 1 heterocycles. The number of nitrogens with one attached hydrogen (secondary N) is 2. The zero-order valence-corrected chi connectivity index (χ0v) is 24.7. The van der Waals surface area contributed by atoms with E-state index >= 15 is 0 Å². The predicted octanol–water partition coefficient (Wildman–Crippen LogP) is 5.04. The molecule has 10 heteroatoms. The van der Waals surface area contributed by atoms with Crippen LogP contribution in [-0.2, 0) is 41.7 Å². The second-order valence-electron chi connectivity index (χ2n) is 10.1. The molecule has 3 aromatic carbocycles. The Bertz CT molecular complexity index is 1350. The average molecular weight is 593 g/mol. The Hall–Kier alpha value is -3.70. The lowest BCUT2D eigenvalue weighted by Crippen LogP contribution is -2.35. The summed E-state index contributed by atoms with van der Waals surface area (Å²) in [7, 11) is 0. The van der Waals surface area contributed by atoms with Crippen molar-refractivity contribution in [3.05, 3.63) is 95.1 Å². The molecule has 1 saturated heterocycles. The maximum atomic E-state index is 12.2. The number of amides is 2. The Morgan fingerprint density at radius 1 is 0.929 bits per heavy atom. The van der Waals surface area contributed by atoms with E-state index in [1.807, 2.05) is 72.8 Å². The first kappa shape index (κ1) is 31.2. The molecule has 4 rings (SSSR count). The van der Waals surface area contributed by atoms with E-state index in [1.54, 1.807) is 11.8 Å². The van der Waals surface area contributed by atoms with Crippen LogP contribution in [0.15, 0.2) is 77.7 Å². The third-order valence-corrected chi connectivity index (χ3v) is 7.80. The maximum absolute atomic E-state index is 12.2. The number of carbonyl (C=O) groups excluding carboxylic acids is 3. The van der Waals surface area contributed by atoms with Crippen molar-refractivity contribution in [1.29, 1.82) is 0 Å². The van der Waals surface area contributed by atoms with Crippen LogP contribution in [-0.4, -0.2) is 40.9 Å². The first-order valence-electron chi connectivity index (χ1n) is 13.7. The van der Waals surface area contributed by atoms with E-state index in [0.717, 1.165) is 32.8 Å². The summed E-state index contributed by atoms with van der Waals surface area (Å²) in [6.07, 6.45) is -1.10. The fourth-order valence-corrected chi connectivity index (χ4v) is 5.40. The van der Waals surface area contributed by atoms with Gasteiger partial charge in [0, 0.05) is 48.7 Å². The molecule has 0 radical (unpaired) electrons. The Labute approximate surface area is 249 Å². The van der Waals surface area contributed by atoms with Crippen molar-refractivity contribution in [2.24, 2.45) is 0 Å². The van der Waals surface area contributed by atoms with Crippen molar-refractivity contribution >= 4 is 35.2 Å². The monoisotopic (exact) mass is 592 g/mol. The molecule has 1 fully saturated rings. The highest BCUT2D eigenvalue weighted by molar-refractivity contribution is 7.99. The smallest absolute Gasteiger partial charge is 0.303 e. The number of aliphatic hydroxyl groups excluding tert-OH is 1. The molecule has 222 valence electrons. The van der Waals surface area contributed by atoms with Gasteiger partial charge < -0.3 is 30.0 Å². The highest BCUT2D eigenvalue weighted by Gasteiger charge is 2.32. The first-order chi connectivity index (χ1) is 20.2. The van der Waals surface area contributed by atoms with Crippen LogP contribution in [0.1, 0.15) is 61.8 Å². The number of esters is 1. The SMILES string of the molecule is CC(=O)Nc1ccc(SC[C@@H]2C[C@H](c3ccc(CO)cc3)OC(c3ccc(CNC(=O)[C@H](C)OC(C)=O)cc3)O2)cc1. The van der Waals surface area contributed by atoms with Crippen molar-refractivity contribution in [3.8, 4) is 0 Å². The van der Waals surface area contributed by atoms with Crippen molar-refractivity contribution in [2.45, 2.75) is 69.8 Å². The van der Waals surface area contributed by atoms with Crippen LogP contribution in [0.3, 0.4) is 0 Å². The zero-order chi connectivity index (χ0) is 30.1. The molecule has 9 nitrogen and oxygen atoms in total. The summed E-state index contributed by atoms with van der Waals surface area (Å²) in [4.78, 5) is 35.6. The van der Waals surface area contributed by atoms with Gasteiger partial charge in [0.15, 0.2) is 12.4 Å². The highest BCUT2D eigenvalue weighted by Crippen LogP contribution is 2.39. The largest absolute Gasteiger partial charge is 0.453 e. The molecule has 3 N–H and O–H groups in total. The van der Waals surface area contributed by atoms with E-state index in [1.165, 1.54) is 20.8 Å². The Kier molecular flexibility index (Phi) is 11.1.